The highest BCUT2D eigenvalue weighted by Crippen LogP contribution is 2.69. The Hall–Kier alpha value is -2.94. The first-order chi connectivity index (χ1) is 20.9. The number of hydrogen-bond acceptors (Lipinski definition) is 2. The van der Waals surface area contributed by atoms with Crippen LogP contribution in [0.1, 0.15) is 105 Å². The molecule has 3 aromatic rings. The summed E-state index contributed by atoms with van der Waals surface area (Å²) < 4.78 is 0. The fraction of sp³-hybridized carbons (Fsp3) is 0.476. The maximum absolute atomic E-state index is 12.2. The smallest absolute Gasteiger partial charge is 0.176 e. The lowest BCUT2D eigenvalue weighted by atomic mass is 9.42. The van der Waals surface area contributed by atoms with E-state index in [1.807, 2.05) is 0 Å². The molecule has 44 heavy (non-hydrogen) atoms. The van der Waals surface area contributed by atoms with Gasteiger partial charge in [-0.15, -0.1) is 0 Å². The predicted octanol–water partition coefficient (Wildman–Crippen LogP) is 9.64. The zero-order chi connectivity index (χ0) is 31.1. The predicted molar refractivity (Wildman–Crippen MR) is 181 cm³/mol. The van der Waals surface area contributed by atoms with Crippen LogP contribution in [-0.2, 0) is 5.41 Å². The van der Waals surface area contributed by atoms with Crippen LogP contribution in [0.2, 0.25) is 0 Å². The quantitative estimate of drug-likeness (QED) is 0.299. The zero-order valence-electron chi connectivity index (χ0n) is 27.6. The number of allylic oxidation sites excluding steroid dienone is 4. The molecule has 1 unspecified atom stereocenters. The molecule has 3 aromatic carbocycles. The van der Waals surface area contributed by atoms with Crippen LogP contribution in [0.15, 0.2) is 95.6 Å². The zero-order valence-corrected chi connectivity index (χ0v) is 27.6. The van der Waals surface area contributed by atoms with Crippen molar-refractivity contribution in [3.63, 3.8) is 0 Å². The molecule has 230 valence electrons. The Morgan fingerprint density at radius 1 is 0.682 bits per heavy atom. The molecule has 2 heteroatoms. The highest BCUT2D eigenvalue weighted by atomic mass is 16.5. The van der Waals surface area contributed by atoms with Gasteiger partial charge in [0.15, 0.2) is 5.79 Å². The average molecular weight is 587 g/mol. The van der Waals surface area contributed by atoms with Crippen LogP contribution in [0, 0.1) is 43.4 Å². The molecule has 0 aromatic heterocycles. The molecule has 0 aliphatic heterocycles. The minimum Gasteiger partial charge on any atom is -0.365 e. The van der Waals surface area contributed by atoms with Gasteiger partial charge in [-0.25, -0.2) is 0 Å². The Labute approximate surface area is 264 Å². The van der Waals surface area contributed by atoms with E-state index in [4.69, 9.17) is 0 Å². The molecule has 0 bridgehead atoms. The monoisotopic (exact) mass is 586 g/mol. The molecule has 2 nitrogen and oxygen atoms in total. The van der Waals surface area contributed by atoms with E-state index in [2.05, 4.69) is 120 Å². The number of fused-ring (bicyclic) bond motifs is 4. The van der Waals surface area contributed by atoms with Crippen molar-refractivity contribution in [2.45, 2.75) is 104 Å². The SMILES string of the molecule is Cc1ccc([C@H](C)[C@H]2CC=C3C4=C(CC[C@@]32C)[C@@]2(C)CCC(O)(O)C(c3ccc(C)cc3)(c3ccc(C)cc3)C2CC4)cc1. The van der Waals surface area contributed by atoms with Gasteiger partial charge in [0.2, 0.25) is 0 Å². The average Bonchev–Trinajstić information content (AvgIpc) is 3.36. The van der Waals surface area contributed by atoms with Crippen molar-refractivity contribution in [3.8, 4) is 0 Å². The molecule has 4 aliphatic carbocycles. The second-order valence-corrected chi connectivity index (χ2v) is 15.4. The topological polar surface area (TPSA) is 40.5 Å². The largest absolute Gasteiger partial charge is 0.365 e. The van der Waals surface area contributed by atoms with Gasteiger partial charge in [0.1, 0.15) is 0 Å². The third-order valence-electron chi connectivity index (χ3n) is 13.1. The van der Waals surface area contributed by atoms with E-state index >= 15 is 0 Å². The molecule has 0 saturated heterocycles. The molecule has 2 N–H and O–H groups in total. The van der Waals surface area contributed by atoms with Gasteiger partial charge in [0.05, 0.1) is 5.41 Å². The van der Waals surface area contributed by atoms with Gasteiger partial charge in [0, 0.05) is 6.42 Å². The third kappa shape index (κ3) is 4.13. The van der Waals surface area contributed by atoms with Gasteiger partial charge in [-0.05, 0) is 116 Å². The molecular formula is C42H50O2. The molecule has 4 aliphatic rings. The number of rotatable bonds is 4. The maximum Gasteiger partial charge on any atom is 0.176 e. The van der Waals surface area contributed by atoms with Gasteiger partial charge in [0.25, 0.3) is 0 Å². The summed E-state index contributed by atoms with van der Waals surface area (Å²) in [6.45, 7) is 13.9. The van der Waals surface area contributed by atoms with E-state index in [0.717, 1.165) is 43.2 Å². The lowest BCUT2D eigenvalue weighted by Crippen LogP contribution is -2.65. The van der Waals surface area contributed by atoms with Crippen LogP contribution in [0.4, 0.5) is 0 Å². The molecule has 5 atom stereocenters. The van der Waals surface area contributed by atoms with Crippen LogP contribution in [0.5, 0.6) is 0 Å². The van der Waals surface area contributed by atoms with Gasteiger partial charge >= 0.3 is 0 Å². The molecule has 1 fully saturated rings. The summed E-state index contributed by atoms with van der Waals surface area (Å²) >= 11 is 0. The minimum atomic E-state index is -1.84. The lowest BCUT2D eigenvalue weighted by Gasteiger charge is -2.63. The Morgan fingerprint density at radius 2 is 1.23 bits per heavy atom. The minimum absolute atomic E-state index is 0.0801. The highest BCUT2D eigenvalue weighted by molar-refractivity contribution is 5.54. The normalized spacial score (nSPS) is 31.0. The van der Waals surface area contributed by atoms with Gasteiger partial charge in [-0.1, -0.05) is 122 Å². The van der Waals surface area contributed by atoms with Gasteiger partial charge in [-0.2, -0.15) is 0 Å². The van der Waals surface area contributed by atoms with Crippen LogP contribution in [0.3, 0.4) is 0 Å². The van der Waals surface area contributed by atoms with E-state index < -0.39 is 11.2 Å². The maximum atomic E-state index is 12.2. The number of aryl methyl sites for hydroxylation is 3. The molecule has 1 saturated carbocycles. The summed E-state index contributed by atoms with van der Waals surface area (Å²) in [6, 6.07) is 26.5. The number of hydrogen-bond donors (Lipinski definition) is 2. The van der Waals surface area contributed by atoms with E-state index in [-0.39, 0.29) is 16.7 Å². The van der Waals surface area contributed by atoms with Crippen LogP contribution in [0.25, 0.3) is 0 Å². The second kappa shape index (κ2) is 10.3. The molecule has 7 rings (SSSR count). The summed E-state index contributed by atoms with van der Waals surface area (Å²) in [7, 11) is 0. The fourth-order valence-corrected chi connectivity index (χ4v) is 10.6. The Morgan fingerprint density at radius 3 is 1.80 bits per heavy atom. The number of aliphatic hydroxyl groups is 2. The first-order valence-electron chi connectivity index (χ1n) is 17.0. The molecular weight excluding hydrogens is 536 g/mol. The van der Waals surface area contributed by atoms with E-state index in [0.29, 0.717) is 18.3 Å². The first-order valence-corrected chi connectivity index (χ1v) is 17.0. The van der Waals surface area contributed by atoms with Crippen LogP contribution in [-0.4, -0.2) is 16.0 Å². The van der Waals surface area contributed by atoms with Crippen molar-refractivity contribution in [1.29, 1.82) is 0 Å². The molecule has 0 heterocycles. The summed E-state index contributed by atoms with van der Waals surface area (Å²) in [6.07, 6.45) is 9.15. The Balaban J connectivity index is 1.33. The number of benzene rings is 3. The first kappa shape index (κ1) is 29.8. The van der Waals surface area contributed by atoms with Crippen molar-refractivity contribution < 1.29 is 10.2 Å². The lowest BCUT2D eigenvalue weighted by molar-refractivity contribution is -0.253. The summed E-state index contributed by atoms with van der Waals surface area (Å²) in [5.74, 6) is -0.646. The summed E-state index contributed by atoms with van der Waals surface area (Å²) in [5.41, 5.74) is 11.2. The molecule has 0 spiro atoms. The standard InChI is InChI=1S/C42H50O2/c1-27-7-13-31(14-8-27)30(4)35-20-21-36-34-19-22-38-40(6,37(34)23-24-39(35,36)5)25-26-41(43,44)42(38,32-15-9-28(2)10-16-32)33-17-11-29(3)12-18-33/h7-18,21,30,35,38,43-44H,19-20,22-26H2,1-6H3/t30-,35+,38?,39+,40+/m0/s1. The van der Waals surface area contributed by atoms with Crippen LogP contribution < -0.4 is 0 Å². The van der Waals surface area contributed by atoms with E-state index in [1.54, 1.807) is 16.7 Å². The molecule has 0 radical (unpaired) electrons. The van der Waals surface area contributed by atoms with E-state index in [1.165, 1.54) is 28.7 Å². The van der Waals surface area contributed by atoms with Crippen LogP contribution >= 0.6 is 0 Å². The third-order valence-corrected chi connectivity index (χ3v) is 13.1. The van der Waals surface area contributed by atoms with Crippen molar-refractivity contribution in [3.05, 3.63) is 129 Å². The fourth-order valence-electron chi connectivity index (χ4n) is 10.6. The van der Waals surface area contributed by atoms with Gasteiger partial charge < -0.3 is 10.2 Å². The van der Waals surface area contributed by atoms with Crippen molar-refractivity contribution in [2.24, 2.45) is 22.7 Å². The molecule has 0 amide bonds. The second-order valence-electron chi connectivity index (χ2n) is 15.4. The van der Waals surface area contributed by atoms with Crippen molar-refractivity contribution >= 4 is 0 Å². The highest BCUT2D eigenvalue weighted by Gasteiger charge is 2.66. The van der Waals surface area contributed by atoms with Crippen molar-refractivity contribution in [2.75, 3.05) is 0 Å². The van der Waals surface area contributed by atoms with Crippen molar-refractivity contribution in [1.82, 2.24) is 0 Å². The van der Waals surface area contributed by atoms with Gasteiger partial charge in [-0.3, -0.25) is 0 Å². The summed E-state index contributed by atoms with van der Waals surface area (Å²) in [5, 5.41) is 24.4. The Bertz CT molecular complexity index is 1570. The Kier molecular flexibility index (Phi) is 6.96. The summed E-state index contributed by atoms with van der Waals surface area (Å²) in [4.78, 5) is 0. The van der Waals surface area contributed by atoms with E-state index in [9.17, 15) is 10.2 Å².